The minimum absolute atomic E-state index is 0.0738. The van der Waals surface area contributed by atoms with Gasteiger partial charge >= 0.3 is 12.0 Å². The van der Waals surface area contributed by atoms with Gasteiger partial charge in [-0.1, -0.05) is 0 Å². The third kappa shape index (κ3) is 3.05. The topological polar surface area (TPSA) is 111 Å². The molecule has 1 aromatic rings. The Kier molecular flexibility index (Phi) is 4.40. The second kappa shape index (κ2) is 6.25. The summed E-state index contributed by atoms with van der Waals surface area (Å²) in [6.07, 6.45) is 0. The van der Waals surface area contributed by atoms with Crippen LogP contribution in [0, 0.1) is 10.1 Å². The number of hydrogen-bond acceptors (Lipinski definition) is 5. The first-order valence-corrected chi connectivity index (χ1v) is 6.67. The molecule has 0 aromatic heterocycles. The molecule has 116 valence electrons. The normalized spacial score (nSPS) is 17.5. The second-order valence-electron chi connectivity index (χ2n) is 4.63. The smallest absolute Gasteiger partial charge is 0.338 e. The van der Waals surface area contributed by atoms with Crippen LogP contribution in [0.1, 0.15) is 19.4 Å². The fourth-order valence-electron chi connectivity index (χ4n) is 2.17. The molecule has 22 heavy (non-hydrogen) atoms. The lowest BCUT2D eigenvalue weighted by molar-refractivity contribution is -0.384. The third-order valence-electron chi connectivity index (χ3n) is 3.15. The van der Waals surface area contributed by atoms with Gasteiger partial charge in [-0.05, 0) is 31.5 Å². The van der Waals surface area contributed by atoms with E-state index in [0.29, 0.717) is 11.3 Å². The monoisotopic (exact) mass is 305 g/mol. The zero-order valence-corrected chi connectivity index (χ0v) is 12.1. The Labute approximate surface area is 126 Å². The van der Waals surface area contributed by atoms with Crippen molar-refractivity contribution in [2.24, 2.45) is 0 Å². The Bertz CT molecular complexity index is 651. The van der Waals surface area contributed by atoms with Gasteiger partial charge in [0.2, 0.25) is 0 Å². The van der Waals surface area contributed by atoms with Crippen LogP contribution in [0.15, 0.2) is 29.8 Å². The first-order valence-electron chi connectivity index (χ1n) is 6.67. The Morgan fingerprint density at radius 2 is 2.00 bits per heavy atom. The summed E-state index contributed by atoms with van der Waals surface area (Å²) in [6, 6.07) is 4.59. The molecule has 1 aliphatic heterocycles. The quantitative estimate of drug-likeness (QED) is 0.498. The van der Waals surface area contributed by atoms with Crippen molar-refractivity contribution >= 4 is 23.4 Å². The van der Waals surface area contributed by atoms with Crippen LogP contribution >= 0.6 is 0 Å². The van der Waals surface area contributed by atoms with Crippen LogP contribution in [0.3, 0.4) is 0 Å². The lowest BCUT2D eigenvalue weighted by atomic mass is 9.99. The van der Waals surface area contributed by atoms with Crippen molar-refractivity contribution in [2.45, 2.75) is 19.9 Å². The fraction of sp³-hybridized carbons (Fsp3) is 0.286. The molecule has 0 saturated heterocycles. The average Bonchev–Trinajstić information content (AvgIpc) is 2.46. The summed E-state index contributed by atoms with van der Waals surface area (Å²) < 4.78 is 5.00. The summed E-state index contributed by atoms with van der Waals surface area (Å²) in [6.45, 7) is 3.55. The standard InChI is InChI=1S/C14H15N3O5/c1-3-22-13(18)11-8(2)15-14(19)16-12(11)9-4-6-10(7-5-9)17(20)21/h4-8H,3H2,1-2H3,(H2,15,16,19). The van der Waals surface area contributed by atoms with Crippen molar-refractivity contribution in [1.82, 2.24) is 10.6 Å². The molecule has 2 amide bonds. The van der Waals surface area contributed by atoms with Gasteiger partial charge in [-0.15, -0.1) is 0 Å². The van der Waals surface area contributed by atoms with Gasteiger partial charge in [-0.25, -0.2) is 9.59 Å². The first-order chi connectivity index (χ1) is 10.4. The first kappa shape index (κ1) is 15.5. The van der Waals surface area contributed by atoms with Crippen LogP contribution in [-0.4, -0.2) is 29.6 Å². The summed E-state index contributed by atoms with van der Waals surface area (Å²) in [4.78, 5) is 33.9. The van der Waals surface area contributed by atoms with Crippen LogP contribution in [0.4, 0.5) is 10.5 Å². The van der Waals surface area contributed by atoms with Crippen LogP contribution in [0.2, 0.25) is 0 Å². The predicted molar refractivity (Wildman–Crippen MR) is 77.8 cm³/mol. The Balaban J connectivity index is 2.48. The minimum atomic E-state index is -0.546. The van der Waals surface area contributed by atoms with Gasteiger partial charge in [-0.2, -0.15) is 0 Å². The highest BCUT2D eigenvalue weighted by Crippen LogP contribution is 2.24. The molecule has 8 heteroatoms. The van der Waals surface area contributed by atoms with Gasteiger partial charge in [0.1, 0.15) is 0 Å². The van der Waals surface area contributed by atoms with Crippen LogP contribution in [0.5, 0.6) is 0 Å². The van der Waals surface area contributed by atoms with Crippen molar-refractivity contribution in [3.05, 3.63) is 45.5 Å². The average molecular weight is 305 g/mol. The van der Waals surface area contributed by atoms with E-state index in [-0.39, 0.29) is 17.9 Å². The Hall–Kier alpha value is -2.90. The van der Waals surface area contributed by atoms with Gasteiger partial charge in [0.25, 0.3) is 5.69 Å². The maximum absolute atomic E-state index is 12.1. The van der Waals surface area contributed by atoms with Gasteiger partial charge in [0.05, 0.1) is 28.8 Å². The molecule has 0 fully saturated rings. The summed E-state index contributed by atoms with van der Waals surface area (Å²) in [5, 5.41) is 15.8. The maximum Gasteiger partial charge on any atom is 0.338 e. The molecule has 0 aliphatic carbocycles. The highest BCUT2D eigenvalue weighted by atomic mass is 16.6. The van der Waals surface area contributed by atoms with Gasteiger partial charge < -0.3 is 15.4 Å². The van der Waals surface area contributed by atoms with E-state index in [0.717, 1.165) is 0 Å². The number of urea groups is 1. The Morgan fingerprint density at radius 1 is 1.36 bits per heavy atom. The zero-order valence-electron chi connectivity index (χ0n) is 12.1. The number of nitro groups is 1. The van der Waals surface area contributed by atoms with E-state index in [4.69, 9.17) is 4.74 Å². The van der Waals surface area contributed by atoms with E-state index in [2.05, 4.69) is 10.6 Å². The van der Waals surface area contributed by atoms with Crippen LogP contribution in [0.25, 0.3) is 5.70 Å². The number of carbonyl (C=O) groups excluding carboxylic acids is 2. The number of nitro benzene ring substituents is 1. The molecule has 0 bridgehead atoms. The minimum Gasteiger partial charge on any atom is -0.463 e. The number of amides is 2. The van der Waals surface area contributed by atoms with Crippen molar-refractivity contribution in [3.63, 3.8) is 0 Å². The van der Waals surface area contributed by atoms with Crippen LogP contribution < -0.4 is 10.6 Å². The van der Waals surface area contributed by atoms with Crippen molar-refractivity contribution < 1.29 is 19.2 Å². The highest BCUT2D eigenvalue weighted by Gasteiger charge is 2.30. The number of ether oxygens (including phenoxy) is 1. The molecule has 0 radical (unpaired) electrons. The summed E-state index contributed by atoms with van der Waals surface area (Å²) in [7, 11) is 0. The summed E-state index contributed by atoms with van der Waals surface area (Å²) >= 11 is 0. The molecule has 2 rings (SSSR count). The third-order valence-corrected chi connectivity index (χ3v) is 3.15. The molecule has 2 N–H and O–H groups in total. The maximum atomic E-state index is 12.1. The number of non-ortho nitro benzene ring substituents is 1. The Morgan fingerprint density at radius 3 is 2.55 bits per heavy atom. The highest BCUT2D eigenvalue weighted by molar-refractivity contribution is 6.04. The van der Waals surface area contributed by atoms with Gasteiger partial charge in [0, 0.05) is 12.1 Å². The zero-order chi connectivity index (χ0) is 16.3. The largest absolute Gasteiger partial charge is 0.463 e. The fourth-order valence-corrected chi connectivity index (χ4v) is 2.17. The molecule has 1 aliphatic rings. The lowest BCUT2D eigenvalue weighted by Gasteiger charge is -2.26. The molecular formula is C14H15N3O5. The van der Waals surface area contributed by atoms with Crippen molar-refractivity contribution in [2.75, 3.05) is 6.61 Å². The lowest BCUT2D eigenvalue weighted by Crippen LogP contribution is -2.48. The number of esters is 1. The van der Waals surface area contributed by atoms with E-state index in [1.165, 1.54) is 24.3 Å². The second-order valence-corrected chi connectivity index (χ2v) is 4.63. The molecule has 1 unspecified atom stereocenters. The SMILES string of the molecule is CCOC(=O)C1=C(c2ccc([N+](=O)[O-])cc2)NC(=O)NC1C. The molecule has 8 nitrogen and oxygen atoms in total. The molecule has 1 atom stereocenters. The number of nitrogens with one attached hydrogen (secondary N) is 2. The number of carbonyl (C=O) groups is 2. The van der Waals surface area contributed by atoms with Crippen molar-refractivity contribution in [3.8, 4) is 0 Å². The number of benzene rings is 1. The van der Waals surface area contributed by atoms with Crippen LogP contribution in [-0.2, 0) is 9.53 Å². The van der Waals surface area contributed by atoms with E-state index in [1.54, 1.807) is 13.8 Å². The predicted octanol–water partition coefficient (Wildman–Crippen LogP) is 1.57. The van der Waals surface area contributed by atoms with Crippen molar-refractivity contribution in [1.29, 1.82) is 0 Å². The van der Waals surface area contributed by atoms with Gasteiger partial charge in [0.15, 0.2) is 0 Å². The number of rotatable bonds is 4. The molecular weight excluding hydrogens is 290 g/mol. The number of nitrogens with zero attached hydrogens (tertiary/aromatic N) is 1. The summed E-state index contributed by atoms with van der Waals surface area (Å²) in [5.41, 5.74) is 0.991. The van der Waals surface area contributed by atoms with E-state index in [1.807, 2.05) is 0 Å². The molecule has 1 heterocycles. The molecule has 0 spiro atoms. The summed E-state index contributed by atoms with van der Waals surface area (Å²) in [5.74, 6) is -0.546. The molecule has 0 saturated carbocycles. The van der Waals surface area contributed by atoms with Gasteiger partial charge in [-0.3, -0.25) is 10.1 Å². The van der Waals surface area contributed by atoms with E-state index >= 15 is 0 Å². The number of hydrogen-bond donors (Lipinski definition) is 2. The van der Waals surface area contributed by atoms with E-state index < -0.39 is 23.0 Å². The molecule has 1 aromatic carbocycles. The van der Waals surface area contributed by atoms with E-state index in [9.17, 15) is 19.7 Å².